The summed E-state index contributed by atoms with van der Waals surface area (Å²) >= 11 is 0. The fourth-order valence-corrected chi connectivity index (χ4v) is 1.60. The molecule has 0 N–H and O–H groups in total. The van der Waals surface area contributed by atoms with Crippen molar-refractivity contribution in [3.05, 3.63) is 0 Å². The number of hydrogen-bond donors (Lipinski definition) is 0. The van der Waals surface area contributed by atoms with E-state index >= 15 is 0 Å². The molecular weight excluding hydrogens is 143 g/mol. The van der Waals surface area contributed by atoms with E-state index in [0.717, 1.165) is 6.42 Å². The first-order valence-electron chi connectivity index (χ1n) is 4.28. The predicted octanol–water partition coefficient (Wildman–Crippen LogP) is 2.35. The van der Waals surface area contributed by atoms with Gasteiger partial charge >= 0.3 is 0 Å². The number of halogens is 1. The molecule has 0 unspecified atom stereocenters. The molecule has 1 rings (SSSR count). The maximum Gasteiger partial charge on any atom is 0.166 e. The Balaban J connectivity index is 2.46. The molecule has 1 nitrogen and oxygen atoms in total. The Morgan fingerprint density at radius 1 is 1.55 bits per heavy atom. The number of carbonyl (C=O) groups is 1. The Bertz CT molecular complexity index is 154. The van der Waals surface area contributed by atoms with E-state index in [1.807, 2.05) is 0 Å². The van der Waals surface area contributed by atoms with Crippen LogP contribution in [0.2, 0.25) is 0 Å². The summed E-state index contributed by atoms with van der Waals surface area (Å²) in [7, 11) is 0. The fourth-order valence-electron chi connectivity index (χ4n) is 1.60. The van der Waals surface area contributed by atoms with Crippen LogP contribution in [0.3, 0.4) is 0 Å². The Hall–Kier alpha value is -0.400. The zero-order chi connectivity index (χ0) is 8.43. The van der Waals surface area contributed by atoms with Gasteiger partial charge in [-0.3, -0.25) is 4.79 Å². The molecule has 0 aliphatic heterocycles. The molecule has 1 aliphatic carbocycles. The van der Waals surface area contributed by atoms with Crippen molar-refractivity contribution >= 4 is 5.78 Å². The van der Waals surface area contributed by atoms with E-state index in [1.165, 1.54) is 0 Å². The molecule has 0 aromatic heterocycles. The van der Waals surface area contributed by atoms with Crippen molar-refractivity contribution in [2.75, 3.05) is 0 Å². The predicted molar refractivity (Wildman–Crippen MR) is 42.1 cm³/mol. The van der Waals surface area contributed by atoms with Gasteiger partial charge in [0, 0.05) is 6.42 Å². The van der Waals surface area contributed by atoms with Gasteiger partial charge in [0.25, 0.3) is 0 Å². The first kappa shape index (κ1) is 8.69. The van der Waals surface area contributed by atoms with Crippen molar-refractivity contribution in [3.63, 3.8) is 0 Å². The normalized spacial score (nSPS) is 32.9. The summed E-state index contributed by atoms with van der Waals surface area (Å²) in [4.78, 5) is 10.8. The van der Waals surface area contributed by atoms with Crippen LogP contribution in [0, 0.1) is 11.8 Å². The van der Waals surface area contributed by atoms with E-state index in [0.29, 0.717) is 24.7 Å². The summed E-state index contributed by atoms with van der Waals surface area (Å²) in [6.45, 7) is 4.18. The van der Waals surface area contributed by atoms with Gasteiger partial charge < -0.3 is 0 Å². The van der Waals surface area contributed by atoms with Crippen molar-refractivity contribution in [2.45, 2.75) is 39.3 Å². The van der Waals surface area contributed by atoms with Gasteiger partial charge in [0.05, 0.1) is 0 Å². The summed E-state index contributed by atoms with van der Waals surface area (Å²) in [5, 5.41) is 0. The largest absolute Gasteiger partial charge is 0.296 e. The maximum absolute atomic E-state index is 12.8. The summed E-state index contributed by atoms with van der Waals surface area (Å²) in [5.41, 5.74) is 0. The number of rotatable bonds is 1. The molecule has 1 fully saturated rings. The van der Waals surface area contributed by atoms with Crippen LogP contribution in [0.4, 0.5) is 4.39 Å². The summed E-state index contributed by atoms with van der Waals surface area (Å²) in [6, 6.07) is 0. The SMILES string of the molecule is CC(C)[C@@H]1CCC(=O)[C@@H](F)C1. The molecule has 2 atom stereocenters. The average molecular weight is 158 g/mol. The van der Waals surface area contributed by atoms with Gasteiger partial charge in [-0.15, -0.1) is 0 Å². The van der Waals surface area contributed by atoms with E-state index in [-0.39, 0.29) is 5.78 Å². The van der Waals surface area contributed by atoms with Gasteiger partial charge in [-0.25, -0.2) is 4.39 Å². The van der Waals surface area contributed by atoms with Crippen LogP contribution in [-0.4, -0.2) is 12.0 Å². The van der Waals surface area contributed by atoms with E-state index in [4.69, 9.17) is 0 Å². The van der Waals surface area contributed by atoms with Crippen LogP contribution in [0.5, 0.6) is 0 Å². The number of alkyl halides is 1. The van der Waals surface area contributed by atoms with E-state index in [1.54, 1.807) is 0 Å². The highest BCUT2D eigenvalue weighted by atomic mass is 19.1. The van der Waals surface area contributed by atoms with Crippen LogP contribution in [0.15, 0.2) is 0 Å². The second-order valence-electron chi connectivity index (χ2n) is 3.71. The molecule has 0 aromatic carbocycles. The molecule has 64 valence electrons. The average Bonchev–Trinajstić information content (AvgIpc) is 1.94. The van der Waals surface area contributed by atoms with Crippen molar-refractivity contribution in [3.8, 4) is 0 Å². The Morgan fingerprint density at radius 3 is 2.64 bits per heavy atom. The van der Waals surface area contributed by atoms with Crippen LogP contribution in [0.25, 0.3) is 0 Å². The first-order chi connectivity index (χ1) is 5.11. The monoisotopic (exact) mass is 158 g/mol. The maximum atomic E-state index is 12.8. The third kappa shape index (κ3) is 2.01. The molecule has 0 radical (unpaired) electrons. The van der Waals surface area contributed by atoms with Crippen LogP contribution < -0.4 is 0 Å². The zero-order valence-corrected chi connectivity index (χ0v) is 7.14. The fraction of sp³-hybridized carbons (Fsp3) is 0.889. The quantitative estimate of drug-likeness (QED) is 0.572. The van der Waals surface area contributed by atoms with Gasteiger partial charge in [0.15, 0.2) is 12.0 Å². The molecule has 0 bridgehead atoms. The molecule has 2 heteroatoms. The summed E-state index contributed by atoms with van der Waals surface area (Å²) in [5.74, 6) is 0.742. The van der Waals surface area contributed by atoms with Gasteiger partial charge in [-0.05, 0) is 24.7 Å². The lowest BCUT2D eigenvalue weighted by Gasteiger charge is -2.26. The minimum Gasteiger partial charge on any atom is -0.296 e. The smallest absolute Gasteiger partial charge is 0.166 e. The Labute approximate surface area is 67.0 Å². The third-order valence-corrected chi connectivity index (χ3v) is 2.56. The second kappa shape index (κ2) is 3.33. The number of Topliss-reactive ketones (excluding diaryl/α,β-unsaturated/α-hetero) is 1. The van der Waals surface area contributed by atoms with Gasteiger partial charge in [0.2, 0.25) is 0 Å². The Kier molecular flexibility index (Phi) is 2.63. The highest BCUT2D eigenvalue weighted by Gasteiger charge is 2.29. The molecule has 0 aromatic rings. The molecule has 0 heterocycles. The minimum absolute atomic E-state index is 0.193. The van der Waals surface area contributed by atoms with Gasteiger partial charge in [0.1, 0.15) is 0 Å². The number of ketones is 1. The van der Waals surface area contributed by atoms with Crippen molar-refractivity contribution in [1.82, 2.24) is 0 Å². The van der Waals surface area contributed by atoms with E-state index in [9.17, 15) is 9.18 Å². The molecule has 1 aliphatic rings. The lowest BCUT2D eigenvalue weighted by molar-refractivity contribution is -0.127. The Morgan fingerprint density at radius 2 is 2.18 bits per heavy atom. The number of hydrogen-bond acceptors (Lipinski definition) is 1. The summed E-state index contributed by atoms with van der Waals surface area (Å²) < 4.78 is 12.8. The molecule has 0 saturated heterocycles. The second-order valence-corrected chi connectivity index (χ2v) is 3.71. The molecule has 1 saturated carbocycles. The van der Waals surface area contributed by atoms with Crippen LogP contribution in [0.1, 0.15) is 33.1 Å². The van der Waals surface area contributed by atoms with Crippen LogP contribution >= 0.6 is 0 Å². The van der Waals surface area contributed by atoms with Crippen molar-refractivity contribution in [1.29, 1.82) is 0 Å². The molecular formula is C9H15FO. The highest BCUT2D eigenvalue weighted by Crippen LogP contribution is 2.29. The number of carbonyl (C=O) groups excluding carboxylic acids is 1. The lowest BCUT2D eigenvalue weighted by atomic mass is 9.80. The van der Waals surface area contributed by atoms with E-state index in [2.05, 4.69) is 13.8 Å². The first-order valence-corrected chi connectivity index (χ1v) is 4.28. The molecule has 11 heavy (non-hydrogen) atoms. The van der Waals surface area contributed by atoms with Gasteiger partial charge in [-0.1, -0.05) is 13.8 Å². The standard InChI is InChI=1S/C9H15FO/c1-6(2)7-3-4-9(11)8(10)5-7/h6-8H,3-5H2,1-2H3/t7-,8+/m1/s1. The summed E-state index contributed by atoms with van der Waals surface area (Å²) in [6.07, 6.45) is 0.619. The van der Waals surface area contributed by atoms with Gasteiger partial charge in [-0.2, -0.15) is 0 Å². The van der Waals surface area contributed by atoms with E-state index < -0.39 is 6.17 Å². The van der Waals surface area contributed by atoms with Crippen molar-refractivity contribution in [2.24, 2.45) is 11.8 Å². The molecule has 0 amide bonds. The minimum atomic E-state index is -1.17. The lowest BCUT2D eigenvalue weighted by Crippen LogP contribution is -2.28. The highest BCUT2D eigenvalue weighted by molar-refractivity contribution is 5.83. The van der Waals surface area contributed by atoms with Crippen molar-refractivity contribution < 1.29 is 9.18 Å². The van der Waals surface area contributed by atoms with Crippen LogP contribution in [-0.2, 0) is 4.79 Å². The third-order valence-electron chi connectivity index (χ3n) is 2.56. The topological polar surface area (TPSA) is 17.1 Å². The molecule has 0 spiro atoms. The zero-order valence-electron chi connectivity index (χ0n) is 7.14.